The summed E-state index contributed by atoms with van der Waals surface area (Å²) in [5, 5.41) is 3.07. The van der Waals surface area contributed by atoms with Crippen molar-refractivity contribution in [3.8, 4) is 0 Å². The minimum absolute atomic E-state index is 0.130. The van der Waals surface area contributed by atoms with Gasteiger partial charge in [-0.05, 0) is 68.8 Å². The van der Waals surface area contributed by atoms with Gasteiger partial charge in [0.15, 0.2) is 0 Å². The molecule has 4 nitrogen and oxygen atoms in total. The Morgan fingerprint density at radius 1 is 1.08 bits per heavy atom. The zero-order valence-electron chi connectivity index (χ0n) is 16.5. The summed E-state index contributed by atoms with van der Waals surface area (Å²) in [5.74, 6) is 0.974. The van der Waals surface area contributed by atoms with E-state index in [1.54, 1.807) is 0 Å². The van der Waals surface area contributed by atoms with E-state index in [9.17, 15) is 4.79 Å². The fraction of sp³-hybridized carbons (Fsp3) is 0.682. The predicted octanol–water partition coefficient (Wildman–Crippen LogP) is 4.52. The van der Waals surface area contributed by atoms with Gasteiger partial charge in [-0.25, -0.2) is 0 Å². The molecule has 2 fully saturated rings. The zero-order valence-corrected chi connectivity index (χ0v) is 16.5. The van der Waals surface area contributed by atoms with Crippen LogP contribution in [-0.4, -0.2) is 43.0 Å². The van der Waals surface area contributed by atoms with Crippen LogP contribution in [0.5, 0.6) is 0 Å². The first-order valence-electron chi connectivity index (χ1n) is 10.5. The number of benzene rings is 1. The molecule has 1 unspecified atom stereocenters. The summed E-state index contributed by atoms with van der Waals surface area (Å²) in [4.78, 5) is 17.3. The van der Waals surface area contributed by atoms with Crippen LogP contribution in [0.2, 0.25) is 0 Å². The summed E-state index contributed by atoms with van der Waals surface area (Å²) in [6.45, 7) is 8.90. The molecule has 2 heterocycles. The summed E-state index contributed by atoms with van der Waals surface area (Å²) in [6.07, 6.45) is 8.22. The van der Waals surface area contributed by atoms with Crippen molar-refractivity contribution < 1.29 is 4.79 Å². The molecule has 0 aliphatic carbocycles. The second-order valence-electron chi connectivity index (χ2n) is 8.11. The van der Waals surface area contributed by atoms with E-state index in [-0.39, 0.29) is 5.91 Å². The monoisotopic (exact) mass is 357 g/mol. The van der Waals surface area contributed by atoms with E-state index in [1.165, 1.54) is 44.2 Å². The van der Waals surface area contributed by atoms with Gasteiger partial charge in [-0.3, -0.25) is 9.69 Å². The number of carbonyl (C=O) groups excluding carboxylic acids is 1. The van der Waals surface area contributed by atoms with Crippen LogP contribution in [0, 0.1) is 5.92 Å². The van der Waals surface area contributed by atoms with Crippen LogP contribution < -0.4 is 10.2 Å². The summed E-state index contributed by atoms with van der Waals surface area (Å²) in [7, 11) is 0. The second-order valence-corrected chi connectivity index (χ2v) is 8.11. The summed E-state index contributed by atoms with van der Waals surface area (Å²) in [6, 6.07) is 9.04. The molecule has 0 saturated carbocycles. The Balaban J connectivity index is 1.45. The number of anilines is 2. The van der Waals surface area contributed by atoms with E-state index in [0.29, 0.717) is 12.5 Å². The number of nitrogens with zero attached hydrogens (tertiary/aromatic N) is 2. The number of carbonyl (C=O) groups is 1. The zero-order chi connectivity index (χ0) is 18.4. The standard InChI is InChI=1S/C22H35N3O/c1-3-20-6-4-5-14-24(20)17-13-22(26)23-19-7-9-21(10-8-19)25-15-11-18(2)12-16-25/h7-10,18,20H,3-6,11-17H2,1-2H3,(H,23,26). The topological polar surface area (TPSA) is 35.6 Å². The Hall–Kier alpha value is -1.55. The van der Waals surface area contributed by atoms with E-state index in [2.05, 4.69) is 41.1 Å². The van der Waals surface area contributed by atoms with Crippen molar-refractivity contribution in [2.24, 2.45) is 5.92 Å². The Bertz CT molecular complexity index is 563. The van der Waals surface area contributed by atoms with Crippen molar-refractivity contribution >= 4 is 17.3 Å². The molecule has 2 aliphatic rings. The van der Waals surface area contributed by atoms with Crippen molar-refractivity contribution in [3.63, 3.8) is 0 Å². The van der Waals surface area contributed by atoms with Gasteiger partial charge in [-0.15, -0.1) is 0 Å². The molecule has 3 rings (SSSR count). The van der Waals surface area contributed by atoms with E-state index < -0.39 is 0 Å². The van der Waals surface area contributed by atoms with Crippen LogP contribution in [0.4, 0.5) is 11.4 Å². The number of likely N-dealkylation sites (tertiary alicyclic amines) is 1. The molecule has 0 bridgehead atoms. The van der Waals surface area contributed by atoms with Crippen molar-refractivity contribution in [1.82, 2.24) is 4.90 Å². The minimum Gasteiger partial charge on any atom is -0.372 e. The highest BCUT2D eigenvalue weighted by atomic mass is 16.1. The molecule has 1 N–H and O–H groups in total. The van der Waals surface area contributed by atoms with Gasteiger partial charge in [-0.1, -0.05) is 20.3 Å². The van der Waals surface area contributed by atoms with Crippen LogP contribution in [-0.2, 0) is 4.79 Å². The van der Waals surface area contributed by atoms with Gasteiger partial charge >= 0.3 is 0 Å². The third kappa shape index (κ3) is 5.23. The van der Waals surface area contributed by atoms with Gasteiger partial charge in [0.2, 0.25) is 5.91 Å². The number of hydrogen-bond donors (Lipinski definition) is 1. The maximum Gasteiger partial charge on any atom is 0.225 e. The molecule has 1 amide bonds. The molecule has 1 aromatic rings. The molecule has 1 atom stereocenters. The summed E-state index contributed by atoms with van der Waals surface area (Å²) >= 11 is 0. The Kier molecular flexibility index (Phi) is 6.95. The van der Waals surface area contributed by atoms with Crippen LogP contribution in [0.15, 0.2) is 24.3 Å². The van der Waals surface area contributed by atoms with Crippen molar-refractivity contribution in [2.45, 2.75) is 64.8 Å². The summed E-state index contributed by atoms with van der Waals surface area (Å²) in [5.41, 5.74) is 2.18. The number of nitrogens with one attached hydrogen (secondary N) is 1. The normalized spacial score (nSPS) is 22.4. The van der Waals surface area contributed by atoms with E-state index >= 15 is 0 Å². The summed E-state index contributed by atoms with van der Waals surface area (Å²) < 4.78 is 0. The van der Waals surface area contributed by atoms with Gasteiger partial charge in [0.05, 0.1) is 0 Å². The first kappa shape index (κ1) is 19.2. The predicted molar refractivity (Wildman–Crippen MR) is 110 cm³/mol. The second kappa shape index (κ2) is 9.40. The number of amides is 1. The molecular weight excluding hydrogens is 322 g/mol. The Labute approximate surface area is 158 Å². The first-order valence-corrected chi connectivity index (χ1v) is 10.5. The van der Waals surface area contributed by atoms with Crippen molar-refractivity contribution in [3.05, 3.63) is 24.3 Å². The maximum absolute atomic E-state index is 12.3. The highest BCUT2D eigenvalue weighted by Gasteiger charge is 2.21. The molecular formula is C22H35N3O. The lowest BCUT2D eigenvalue weighted by atomic mass is 9.99. The fourth-order valence-corrected chi connectivity index (χ4v) is 4.31. The number of hydrogen-bond acceptors (Lipinski definition) is 3. The molecule has 0 spiro atoms. The molecule has 2 saturated heterocycles. The molecule has 4 heteroatoms. The average Bonchev–Trinajstić information content (AvgIpc) is 2.68. The number of rotatable bonds is 6. The first-order chi connectivity index (χ1) is 12.7. The van der Waals surface area contributed by atoms with Crippen molar-refractivity contribution in [1.29, 1.82) is 0 Å². The lowest BCUT2D eigenvalue weighted by Gasteiger charge is -2.35. The van der Waals surface area contributed by atoms with Crippen LogP contribution in [0.3, 0.4) is 0 Å². The van der Waals surface area contributed by atoms with Gasteiger partial charge in [0.25, 0.3) is 0 Å². The smallest absolute Gasteiger partial charge is 0.225 e. The highest BCUT2D eigenvalue weighted by Crippen LogP contribution is 2.24. The van der Waals surface area contributed by atoms with Crippen LogP contribution in [0.1, 0.15) is 58.8 Å². The highest BCUT2D eigenvalue weighted by molar-refractivity contribution is 5.91. The van der Waals surface area contributed by atoms with E-state index in [1.807, 2.05) is 12.1 Å². The van der Waals surface area contributed by atoms with Gasteiger partial charge in [0.1, 0.15) is 0 Å². The quantitative estimate of drug-likeness (QED) is 0.813. The molecule has 0 aromatic heterocycles. The molecule has 144 valence electrons. The van der Waals surface area contributed by atoms with Gasteiger partial charge < -0.3 is 10.2 Å². The molecule has 26 heavy (non-hydrogen) atoms. The number of piperidine rings is 2. The van der Waals surface area contributed by atoms with Crippen LogP contribution >= 0.6 is 0 Å². The van der Waals surface area contributed by atoms with Crippen LogP contribution in [0.25, 0.3) is 0 Å². The third-order valence-electron chi connectivity index (χ3n) is 6.15. The minimum atomic E-state index is 0.130. The van der Waals surface area contributed by atoms with Crippen molar-refractivity contribution in [2.75, 3.05) is 36.4 Å². The Morgan fingerprint density at radius 2 is 1.81 bits per heavy atom. The lowest BCUT2D eigenvalue weighted by molar-refractivity contribution is -0.116. The SMILES string of the molecule is CCC1CCCCN1CCC(=O)Nc1ccc(N2CCC(C)CC2)cc1. The van der Waals surface area contributed by atoms with Gasteiger partial charge in [0, 0.05) is 43.5 Å². The fourth-order valence-electron chi connectivity index (χ4n) is 4.31. The van der Waals surface area contributed by atoms with E-state index in [0.717, 1.165) is 37.8 Å². The molecule has 2 aliphatic heterocycles. The average molecular weight is 358 g/mol. The van der Waals surface area contributed by atoms with Gasteiger partial charge in [-0.2, -0.15) is 0 Å². The Morgan fingerprint density at radius 3 is 2.50 bits per heavy atom. The maximum atomic E-state index is 12.3. The third-order valence-corrected chi connectivity index (χ3v) is 6.15. The lowest BCUT2D eigenvalue weighted by Crippen LogP contribution is -2.40. The molecule has 1 aromatic carbocycles. The largest absolute Gasteiger partial charge is 0.372 e. The van der Waals surface area contributed by atoms with E-state index in [4.69, 9.17) is 0 Å². The molecule has 0 radical (unpaired) electrons.